The van der Waals surface area contributed by atoms with Crippen LogP contribution in [0.1, 0.15) is 10.6 Å². The second-order valence-electron chi connectivity index (χ2n) is 2.49. The molecule has 0 aliphatic carbocycles. The van der Waals surface area contributed by atoms with Crippen LogP contribution < -0.4 is 0 Å². The average molecular weight is 161 g/mol. The van der Waals surface area contributed by atoms with Crippen molar-refractivity contribution < 1.29 is 4.79 Å². The molecule has 0 spiro atoms. The van der Waals surface area contributed by atoms with Gasteiger partial charge in [0.2, 0.25) is 0 Å². The zero-order valence-electron chi connectivity index (χ0n) is 6.56. The second kappa shape index (κ2) is 2.41. The van der Waals surface area contributed by atoms with E-state index >= 15 is 0 Å². The molecule has 0 unspecified atom stereocenters. The number of hydrogen-bond acceptors (Lipinski definition) is 3. The van der Waals surface area contributed by atoms with Gasteiger partial charge in [-0.2, -0.15) is 0 Å². The lowest BCUT2D eigenvalue weighted by molar-refractivity contribution is 0.111. The first kappa shape index (κ1) is 6.97. The number of nitrogens with zero attached hydrogens (tertiary/aromatic N) is 3. The van der Waals surface area contributed by atoms with Crippen LogP contribution in [0.3, 0.4) is 0 Å². The van der Waals surface area contributed by atoms with E-state index in [9.17, 15) is 4.79 Å². The number of carbonyl (C=O) groups is 1. The van der Waals surface area contributed by atoms with E-state index in [4.69, 9.17) is 0 Å². The predicted octanol–water partition coefficient (Wildman–Crippen LogP) is 0.781. The summed E-state index contributed by atoms with van der Waals surface area (Å²) in [5.41, 5.74) is 1.49. The SMILES string of the molecule is Cn1c(C=O)nc2cccnc21. The first-order valence-corrected chi connectivity index (χ1v) is 3.55. The van der Waals surface area contributed by atoms with Crippen molar-refractivity contribution in [1.29, 1.82) is 0 Å². The normalized spacial score (nSPS) is 10.4. The van der Waals surface area contributed by atoms with E-state index in [0.717, 1.165) is 17.5 Å². The maximum Gasteiger partial charge on any atom is 0.185 e. The van der Waals surface area contributed by atoms with Crippen molar-refractivity contribution in [3.63, 3.8) is 0 Å². The number of hydrogen-bond donors (Lipinski definition) is 0. The Kier molecular flexibility index (Phi) is 1.40. The minimum atomic E-state index is 0.406. The van der Waals surface area contributed by atoms with Gasteiger partial charge in [0.25, 0.3) is 0 Å². The zero-order valence-corrected chi connectivity index (χ0v) is 6.56. The Labute approximate surface area is 68.9 Å². The van der Waals surface area contributed by atoms with E-state index < -0.39 is 0 Å². The Morgan fingerprint density at radius 1 is 1.58 bits per heavy atom. The number of aromatic nitrogens is 3. The van der Waals surface area contributed by atoms with Gasteiger partial charge in [-0.1, -0.05) is 0 Å². The minimum absolute atomic E-state index is 0.406. The molecule has 0 bridgehead atoms. The second-order valence-corrected chi connectivity index (χ2v) is 2.49. The van der Waals surface area contributed by atoms with Crippen molar-refractivity contribution in [3.8, 4) is 0 Å². The molecular weight excluding hydrogens is 154 g/mol. The van der Waals surface area contributed by atoms with Crippen LogP contribution in [0.5, 0.6) is 0 Å². The highest BCUT2D eigenvalue weighted by Gasteiger charge is 2.05. The molecule has 0 amide bonds. The number of pyridine rings is 1. The van der Waals surface area contributed by atoms with Gasteiger partial charge in [-0.05, 0) is 12.1 Å². The first-order valence-electron chi connectivity index (χ1n) is 3.55. The van der Waals surface area contributed by atoms with Crippen LogP contribution >= 0.6 is 0 Å². The molecule has 4 heteroatoms. The summed E-state index contributed by atoms with van der Waals surface area (Å²) in [7, 11) is 1.77. The monoisotopic (exact) mass is 161 g/mol. The number of aryl methyl sites for hydroxylation is 1. The average Bonchev–Trinajstić information content (AvgIpc) is 2.44. The molecule has 0 radical (unpaired) electrons. The fourth-order valence-corrected chi connectivity index (χ4v) is 1.15. The molecule has 0 N–H and O–H groups in total. The van der Waals surface area contributed by atoms with Crippen LogP contribution in [0.25, 0.3) is 11.2 Å². The highest BCUT2D eigenvalue weighted by Crippen LogP contribution is 2.09. The maximum atomic E-state index is 10.5. The highest BCUT2D eigenvalue weighted by molar-refractivity contribution is 5.80. The van der Waals surface area contributed by atoms with E-state index in [2.05, 4.69) is 9.97 Å². The summed E-state index contributed by atoms with van der Waals surface area (Å²) in [6.45, 7) is 0. The zero-order chi connectivity index (χ0) is 8.55. The molecule has 60 valence electrons. The Morgan fingerprint density at radius 2 is 2.42 bits per heavy atom. The topological polar surface area (TPSA) is 47.8 Å². The van der Waals surface area contributed by atoms with Crippen molar-refractivity contribution in [2.45, 2.75) is 0 Å². The highest BCUT2D eigenvalue weighted by atomic mass is 16.1. The largest absolute Gasteiger partial charge is 0.310 e. The number of aldehydes is 1. The van der Waals surface area contributed by atoms with Gasteiger partial charge in [-0.15, -0.1) is 0 Å². The number of carbonyl (C=O) groups excluding carboxylic acids is 1. The maximum absolute atomic E-state index is 10.5. The molecule has 0 atom stereocenters. The molecule has 0 aliphatic heterocycles. The van der Waals surface area contributed by atoms with Crippen LogP contribution in [-0.4, -0.2) is 20.8 Å². The van der Waals surface area contributed by atoms with Gasteiger partial charge in [0, 0.05) is 13.2 Å². The fourth-order valence-electron chi connectivity index (χ4n) is 1.15. The van der Waals surface area contributed by atoms with E-state index in [0.29, 0.717) is 5.82 Å². The third kappa shape index (κ3) is 0.812. The van der Waals surface area contributed by atoms with Crippen LogP contribution in [0.4, 0.5) is 0 Å². The van der Waals surface area contributed by atoms with Crippen LogP contribution in [0.15, 0.2) is 18.3 Å². The Balaban J connectivity index is 2.87. The van der Waals surface area contributed by atoms with E-state index in [-0.39, 0.29) is 0 Å². The van der Waals surface area contributed by atoms with E-state index in [1.165, 1.54) is 0 Å². The van der Waals surface area contributed by atoms with E-state index in [1.807, 2.05) is 6.07 Å². The van der Waals surface area contributed by atoms with Crippen molar-refractivity contribution in [2.75, 3.05) is 0 Å². The molecule has 12 heavy (non-hydrogen) atoms. The summed E-state index contributed by atoms with van der Waals surface area (Å²) in [5.74, 6) is 0.406. The standard InChI is InChI=1S/C8H7N3O/c1-11-7(5-12)10-6-3-2-4-9-8(6)11/h2-5H,1H3. The molecule has 0 fully saturated rings. The van der Waals surface area contributed by atoms with Gasteiger partial charge < -0.3 is 4.57 Å². The summed E-state index contributed by atoms with van der Waals surface area (Å²) in [6.07, 6.45) is 2.40. The Hall–Kier alpha value is -1.71. The van der Waals surface area contributed by atoms with Gasteiger partial charge in [0.15, 0.2) is 17.8 Å². The lowest BCUT2D eigenvalue weighted by Crippen LogP contribution is -1.95. The molecule has 4 nitrogen and oxygen atoms in total. The number of imidazole rings is 1. The summed E-state index contributed by atoms with van der Waals surface area (Å²) >= 11 is 0. The van der Waals surface area contributed by atoms with Gasteiger partial charge in [0.1, 0.15) is 5.52 Å². The molecular formula is C8H7N3O. The molecule has 2 aromatic heterocycles. The molecule has 2 rings (SSSR count). The third-order valence-corrected chi connectivity index (χ3v) is 1.77. The summed E-state index contributed by atoms with van der Waals surface area (Å²) < 4.78 is 1.67. The Bertz CT molecular complexity index is 433. The Morgan fingerprint density at radius 3 is 3.08 bits per heavy atom. The molecule has 0 saturated heterocycles. The van der Waals surface area contributed by atoms with E-state index in [1.54, 1.807) is 23.9 Å². The van der Waals surface area contributed by atoms with Crippen molar-refractivity contribution in [1.82, 2.24) is 14.5 Å². The summed E-state index contributed by atoms with van der Waals surface area (Å²) in [6, 6.07) is 3.62. The van der Waals surface area contributed by atoms with Gasteiger partial charge in [-0.3, -0.25) is 4.79 Å². The summed E-state index contributed by atoms with van der Waals surface area (Å²) in [4.78, 5) is 18.6. The fraction of sp³-hybridized carbons (Fsp3) is 0.125. The predicted molar refractivity (Wildman–Crippen MR) is 43.9 cm³/mol. The molecule has 0 saturated carbocycles. The lowest BCUT2D eigenvalue weighted by Gasteiger charge is -1.91. The quantitative estimate of drug-likeness (QED) is 0.580. The van der Waals surface area contributed by atoms with Gasteiger partial charge >= 0.3 is 0 Å². The van der Waals surface area contributed by atoms with Crippen LogP contribution in [0, 0.1) is 0 Å². The van der Waals surface area contributed by atoms with Crippen LogP contribution in [0.2, 0.25) is 0 Å². The lowest BCUT2D eigenvalue weighted by atomic mass is 10.4. The molecule has 2 heterocycles. The van der Waals surface area contributed by atoms with Gasteiger partial charge in [-0.25, -0.2) is 9.97 Å². The first-order chi connectivity index (χ1) is 5.83. The number of rotatable bonds is 1. The van der Waals surface area contributed by atoms with Crippen molar-refractivity contribution >= 4 is 17.5 Å². The third-order valence-electron chi connectivity index (χ3n) is 1.77. The smallest absolute Gasteiger partial charge is 0.185 e. The van der Waals surface area contributed by atoms with Crippen molar-refractivity contribution in [3.05, 3.63) is 24.2 Å². The summed E-state index contributed by atoms with van der Waals surface area (Å²) in [5, 5.41) is 0. The minimum Gasteiger partial charge on any atom is -0.310 e. The van der Waals surface area contributed by atoms with Crippen LogP contribution in [-0.2, 0) is 7.05 Å². The molecule has 0 aromatic carbocycles. The molecule has 2 aromatic rings. The van der Waals surface area contributed by atoms with Gasteiger partial charge in [0.05, 0.1) is 0 Å². The number of fused-ring (bicyclic) bond motifs is 1. The van der Waals surface area contributed by atoms with Crippen molar-refractivity contribution in [2.24, 2.45) is 7.05 Å². The molecule has 0 aliphatic rings.